The molecule has 0 heterocycles. The Morgan fingerprint density at radius 1 is 0.700 bits per heavy atom. The molecule has 0 saturated carbocycles. The molecule has 0 aromatic carbocycles. The molecule has 0 saturated heterocycles. The first kappa shape index (κ1) is 19.8. The minimum absolute atomic E-state index is 0.203. The zero-order chi connectivity index (χ0) is 15.2. The first-order valence-corrected chi connectivity index (χ1v) is 7.81. The summed E-state index contributed by atoms with van der Waals surface area (Å²) in [5.41, 5.74) is 0. The Morgan fingerprint density at radius 3 is 1.60 bits per heavy atom. The smallest absolute Gasteiger partial charge is 0.0704 e. The molecule has 6 heteroatoms. The SMILES string of the molecule is CC(C)NC(CNCCNCCNCCO)NC(C)C. The van der Waals surface area contributed by atoms with Gasteiger partial charge >= 0.3 is 0 Å². The lowest BCUT2D eigenvalue weighted by atomic mass is 10.3. The third kappa shape index (κ3) is 14.2. The molecule has 0 spiro atoms. The third-order valence-corrected chi connectivity index (χ3v) is 2.66. The van der Waals surface area contributed by atoms with Crippen LogP contribution in [0, 0.1) is 0 Å². The van der Waals surface area contributed by atoms with Gasteiger partial charge in [-0.15, -0.1) is 0 Å². The first-order chi connectivity index (χ1) is 9.56. The quantitative estimate of drug-likeness (QED) is 0.183. The average molecular weight is 289 g/mol. The van der Waals surface area contributed by atoms with Gasteiger partial charge in [0.25, 0.3) is 0 Å². The van der Waals surface area contributed by atoms with Crippen LogP contribution in [-0.4, -0.2) is 69.2 Å². The topological polar surface area (TPSA) is 80.4 Å². The summed E-state index contributed by atoms with van der Waals surface area (Å²) in [6, 6.07) is 0.951. The Bertz CT molecular complexity index is 192. The van der Waals surface area contributed by atoms with Crippen molar-refractivity contribution in [1.29, 1.82) is 0 Å². The molecule has 0 amide bonds. The van der Waals surface area contributed by atoms with Crippen LogP contribution in [0.1, 0.15) is 27.7 Å². The zero-order valence-corrected chi connectivity index (χ0v) is 13.6. The van der Waals surface area contributed by atoms with E-state index in [1.54, 1.807) is 0 Å². The lowest BCUT2D eigenvalue weighted by molar-refractivity contribution is 0.292. The summed E-state index contributed by atoms with van der Waals surface area (Å²) >= 11 is 0. The van der Waals surface area contributed by atoms with E-state index in [1.807, 2.05) is 0 Å². The van der Waals surface area contributed by atoms with Crippen LogP contribution in [0.3, 0.4) is 0 Å². The molecule has 0 atom stereocenters. The third-order valence-electron chi connectivity index (χ3n) is 2.66. The fraction of sp³-hybridized carbons (Fsp3) is 1.00. The highest BCUT2D eigenvalue weighted by molar-refractivity contribution is 4.72. The molecule has 0 aromatic rings. The summed E-state index contributed by atoms with van der Waals surface area (Å²) < 4.78 is 0. The van der Waals surface area contributed by atoms with E-state index in [-0.39, 0.29) is 6.61 Å². The van der Waals surface area contributed by atoms with Gasteiger partial charge in [0.1, 0.15) is 0 Å². The first-order valence-electron chi connectivity index (χ1n) is 7.81. The highest BCUT2D eigenvalue weighted by Crippen LogP contribution is 1.86. The van der Waals surface area contributed by atoms with Crippen molar-refractivity contribution in [3.05, 3.63) is 0 Å². The molecule has 0 aromatic heterocycles. The van der Waals surface area contributed by atoms with E-state index in [1.165, 1.54) is 0 Å². The normalized spacial score (nSPS) is 12.0. The molecule has 0 radical (unpaired) electrons. The van der Waals surface area contributed by atoms with Crippen molar-refractivity contribution in [2.24, 2.45) is 0 Å². The highest BCUT2D eigenvalue weighted by Gasteiger charge is 2.09. The number of hydrogen-bond donors (Lipinski definition) is 6. The maximum atomic E-state index is 8.61. The molecule has 0 bridgehead atoms. The molecule has 0 aliphatic rings. The van der Waals surface area contributed by atoms with Crippen molar-refractivity contribution in [2.45, 2.75) is 45.9 Å². The Labute approximate surface area is 124 Å². The molecule has 6 N–H and O–H groups in total. The molecule has 0 rings (SSSR count). The summed E-state index contributed by atoms with van der Waals surface area (Å²) in [4.78, 5) is 0. The van der Waals surface area contributed by atoms with Crippen LogP contribution < -0.4 is 26.6 Å². The van der Waals surface area contributed by atoms with Gasteiger partial charge < -0.3 is 21.1 Å². The predicted octanol–water partition coefficient (Wildman–Crippen LogP) is -0.930. The van der Waals surface area contributed by atoms with E-state index in [4.69, 9.17) is 5.11 Å². The molecule has 0 unspecified atom stereocenters. The monoisotopic (exact) mass is 289 g/mol. The van der Waals surface area contributed by atoms with Crippen molar-refractivity contribution < 1.29 is 5.11 Å². The molecule has 0 aliphatic carbocycles. The number of hydrogen-bond acceptors (Lipinski definition) is 6. The Kier molecular flexibility index (Phi) is 13.6. The summed E-state index contributed by atoms with van der Waals surface area (Å²) in [6.45, 7) is 14.2. The van der Waals surface area contributed by atoms with Crippen molar-refractivity contribution in [1.82, 2.24) is 26.6 Å². The van der Waals surface area contributed by atoms with Crippen molar-refractivity contribution in [3.8, 4) is 0 Å². The second-order valence-corrected chi connectivity index (χ2v) is 5.62. The van der Waals surface area contributed by atoms with Gasteiger partial charge in [0.2, 0.25) is 0 Å². The molecular weight excluding hydrogens is 254 g/mol. The minimum atomic E-state index is 0.203. The fourth-order valence-corrected chi connectivity index (χ4v) is 1.90. The van der Waals surface area contributed by atoms with Crippen LogP contribution in [0.5, 0.6) is 0 Å². The van der Waals surface area contributed by atoms with Crippen molar-refractivity contribution >= 4 is 0 Å². The molecule has 122 valence electrons. The molecule has 20 heavy (non-hydrogen) atoms. The van der Waals surface area contributed by atoms with Crippen LogP contribution >= 0.6 is 0 Å². The van der Waals surface area contributed by atoms with E-state index in [0.29, 0.717) is 24.8 Å². The summed E-state index contributed by atoms with van der Waals surface area (Å²) in [5.74, 6) is 0. The molecular formula is C14H35N5O. The Balaban J connectivity index is 3.48. The largest absolute Gasteiger partial charge is 0.395 e. The lowest BCUT2D eigenvalue weighted by Crippen LogP contribution is -2.53. The predicted molar refractivity (Wildman–Crippen MR) is 86.0 cm³/mol. The van der Waals surface area contributed by atoms with Gasteiger partial charge in [0.15, 0.2) is 0 Å². The molecule has 0 fully saturated rings. The van der Waals surface area contributed by atoms with Crippen molar-refractivity contribution in [2.75, 3.05) is 45.9 Å². The maximum Gasteiger partial charge on any atom is 0.0704 e. The van der Waals surface area contributed by atoms with Gasteiger partial charge in [0, 0.05) is 51.4 Å². The lowest BCUT2D eigenvalue weighted by Gasteiger charge is -2.25. The second-order valence-electron chi connectivity index (χ2n) is 5.62. The number of rotatable bonds is 14. The van der Waals surface area contributed by atoms with E-state index in [0.717, 1.165) is 32.7 Å². The number of nitrogens with one attached hydrogen (secondary N) is 5. The summed E-state index contributed by atoms with van der Waals surface area (Å²) in [7, 11) is 0. The summed E-state index contributed by atoms with van der Waals surface area (Å²) in [6.07, 6.45) is 0.307. The zero-order valence-electron chi connectivity index (χ0n) is 13.6. The van der Waals surface area contributed by atoms with Gasteiger partial charge in [-0.05, 0) is 27.7 Å². The van der Waals surface area contributed by atoms with Gasteiger partial charge in [-0.25, -0.2) is 0 Å². The standard InChI is InChI=1S/C14H35N5O/c1-12(2)18-14(19-13(3)4)11-17-8-7-15-5-6-16-9-10-20/h12-20H,5-11H2,1-4H3. The summed E-state index contributed by atoms with van der Waals surface area (Å²) in [5, 5.41) is 25.6. The van der Waals surface area contributed by atoms with Crippen LogP contribution in [0.2, 0.25) is 0 Å². The van der Waals surface area contributed by atoms with E-state index < -0.39 is 0 Å². The molecule has 6 nitrogen and oxygen atoms in total. The van der Waals surface area contributed by atoms with Crippen LogP contribution in [-0.2, 0) is 0 Å². The minimum Gasteiger partial charge on any atom is -0.395 e. The van der Waals surface area contributed by atoms with Gasteiger partial charge in [-0.1, -0.05) is 0 Å². The Hall–Kier alpha value is -0.240. The van der Waals surface area contributed by atoms with E-state index in [9.17, 15) is 0 Å². The van der Waals surface area contributed by atoms with Crippen LogP contribution in [0.4, 0.5) is 0 Å². The van der Waals surface area contributed by atoms with Gasteiger partial charge in [-0.3, -0.25) is 10.6 Å². The fourth-order valence-electron chi connectivity index (χ4n) is 1.90. The van der Waals surface area contributed by atoms with E-state index >= 15 is 0 Å². The molecule has 0 aliphatic heterocycles. The average Bonchev–Trinajstić information content (AvgIpc) is 2.35. The van der Waals surface area contributed by atoms with Gasteiger partial charge in [-0.2, -0.15) is 0 Å². The van der Waals surface area contributed by atoms with E-state index in [2.05, 4.69) is 54.3 Å². The van der Waals surface area contributed by atoms with Gasteiger partial charge in [0.05, 0.1) is 12.8 Å². The van der Waals surface area contributed by atoms with Crippen LogP contribution in [0.25, 0.3) is 0 Å². The number of aliphatic hydroxyl groups is 1. The highest BCUT2D eigenvalue weighted by atomic mass is 16.3. The van der Waals surface area contributed by atoms with Crippen molar-refractivity contribution in [3.63, 3.8) is 0 Å². The number of aliphatic hydroxyl groups excluding tert-OH is 1. The maximum absolute atomic E-state index is 8.61. The van der Waals surface area contributed by atoms with Crippen LogP contribution in [0.15, 0.2) is 0 Å². The Morgan fingerprint density at radius 2 is 1.15 bits per heavy atom. The second kappa shape index (κ2) is 13.7.